The molecule has 4 rings (SSSR count). The lowest BCUT2D eigenvalue weighted by molar-refractivity contribution is -0.146. The lowest BCUT2D eigenvalue weighted by atomic mass is 10.1. The molecule has 4 atom stereocenters. The van der Waals surface area contributed by atoms with E-state index in [1.54, 1.807) is 19.3 Å². The van der Waals surface area contributed by atoms with Gasteiger partial charge in [-0.15, -0.1) is 5.10 Å². The maximum Gasteiger partial charge on any atom is 0.309 e. The average Bonchev–Trinajstić information content (AvgIpc) is 3.04. The van der Waals surface area contributed by atoms with Crippen molar-refractivity contribution in [1.82, 2.24) is 20.0 Å². The Balaban J connectivity index is 1.43. The van der Waals surface area contributed by atoms with Gasteiger partial charge in [-0.1, -0.05) is 5.21 Å². The third kappa shape index (κ3) is 2.84. The van der Waals surface area contributed by atoms with Crippen LogP contribution in [0.15, 0.2) is 18.3 Å². The van der Waals surface area contributed by atoms with Gasteiger partial charge in [0.1, 0.15) is 17.5 Å². The van der Waals surface area contributed by atoms with E-state index in [0.29, 0.717) is 35.4 Å². The first-order valence-electron chi connectivity index (χ1n) is 8.93. The highest BCUT2D eigenvalue weighted by molar-refractivity contribution is 5.77. The highest BCUT2D eigenvalue weighted by Crippen LogP contribution is 2.58. The highest BCUT2D eigenvalue weighted by Gasteiger charge is 2.63. The van der Waals surface area contributed by atoms with Gasteiger partial charge in [-0.05, 0) is 37.8 Å². The van der Waals surface area contributed by atoms with Crippen molar-refractivity contribution in [3.63, 3.8) is 0 Å². The molecule has 0 saturated heterocycles. The van der Waals surface area contributed by atoms with Gasteiger partial charge in [0, 0.05) is 13.0 Å². The summed E-state index contributed by atoms with van der Waals surface area (Å²) in [5.74, 6) is 1.23. The number of rotatable bonds is 6. The molecule has 8 heteroatoms. The van der Waals surface area contributed by atoms with Crippen LogP contribution >= 0.6 is 0 Å². The van der Waals surface area contributed by atoms with Crippen molar-refractivity contribution >= 4 is 5.97 Å². The van der Waals surface area contributed by atoms with Crippen LogP contribution in [-0.4, -0.2) is 43.8 Å². The zero-order chi connectivity index (χ0) is 18.3. The van der Waals surface area contributed by atoms with Crippen molar-refractivity contribution in [3.05, 3.63) is 24.0 Å². The minimum atomic E-state index is -0.154. The fraction of sp³-hybridized carbons (Fsp3) is 0.556. The minimum absolute atomic E-state index is 0.00682. The Morgan fingerprint density at radius 1 is 1.38 bits per heavy atom. The van der Waals surface area contributed by atoms with Crippen LogP contribution in [0.1, 0.15) is 25.5 Å². The van der Waals surface area contributed by atoms with Gasteiger partial charge in [0.25, 0.3) is 0 Å². The number of ether oxygens (including phenoxy) is 2. The Morgan fingerprint density at radius 2 is 2.23 bits per heavy atom. The van der Waals surface area contributed by atoms with Gasteiger partial charge in [-0.25, -0.2) is 4.68 Å². The first-order valence-corrected chi connectivity index (χ1v) is 8.93. The second-order valence-electron chi connectivity index (χ2n) is 6.80. The summed E-state index contributed by atoms with van der Waals surface area (Å²) in [4.78, 5) is 16.3. The third-order valence-corrected chi connectivity index (χ3v) is 5.36. The second-order valence-corrected chi connectivity index (χ2v) is 6.80. The topological polar surface area (TPSA) is 99.4 Å². The monoisotopic (exact) mass is 358 g/mol. The van der Waals surface area contributed by atoms with Crippen LogP contribution in [0, 0.1) is 17.8 Å². The number of pyridine rings is 1. The Morgan fingerprint density at radius 3 is 2.92 bits per heavy atom. The van der Waals surface area contributed by atoms with Crippen LogP contribution < -0.4 is 4.74 Å². The fourth-order valence-electron chi connectivity index (χ4n) is 4.05. The molecule has 2 aromatic rings. The summed E-state index contributed by atoms with van der Waals surface area (Å²) in [7, 11) is 1.73. The number of carbonyl (C=O) groups excluding carboxylic acids is 1. The average molecular weight is 358 g/mol. The van der Waals surface area contributed by atoms with Crippen molar-refractivity contribution in [1.29, 1.82) is 0 Å². The zero-order valence-electron chi connectivity index (χ0n) is 14.8. The number of carbonyl (C=O) groups is 1. The molecule has 8 nitrogen and oxygen atoms in total. The molecule has 2 fully saturated rings. The zero-order valence-corrected chi connectivity index (χ0v) is 14.8. The Labute approximate surface area is 151 Å². The van der Waals surface area contributed by atoms with E-state index in [2.05, 4.69) is 15.3 Å². The van der Waals surface area contributed by atoms with E-state index < -0.39 is 0 Å². The summed E-state index contributed by atoms with van der Waals surface area (Å²) in [6.07, 6.45) is 3.64. The van der Waals surface area contributed by atoms with E-state index in [9.17, 15) is 9.90 Å². The van der Waals surface area contributed by atoms with Crippen LogP contribution in [0.5, 0.6) is 5.75 Å². The molecule has 2 saturated carbocycles. The minimum Gasteiger partial charge on any atom is -0.488 e. The molecule has 0 spiro atoms. The van der Waals surface area contributed by atoms with Crippen molar-refractivity contribution in [3.8, 4) is 17.1 Å². The van der Waals surface area contributed by atoms with E-state index in [1.807, 2.05) is 13.0 Å². The Bertz CT molecular complexity index is 804. The molecule has 2 aliphatic carbocycles. The van der Waals surface area contributed by atoms with Gasteiger partial charge in [-0.2, -0.15) is 0 Å². The summed E-state index contributed by atoms with van der Waals surface area (Å²) >= 11 is 0. The Kier molecular flexibility index (Phi) is 4.36. The molecule has 2 heterocycles. The van der Waals surface area contributed by atoms with Crippen LogP contribution in [-0.2, 0) is 23.2 Å². The molecular formula is C18H22N4O4. The SMILES string of the molecule is CCOC(=O)[C@@H]1[C@@H]2CC[C@@H](Oc3ccc(-c4nnn(C)c4CO)nc3)[C@@H]21. The lowest BCUT2D eigenvalue weighted by Gasteiger charge is -2.16. The molecule has 0 aromatic carbocycles. The smallest absolute Gasteiger partial charge is 0.309 e. The third-order valence-electron chi connectivity index (χ3n) is 5.36. The maximum absolute atomic E-state index is 12.0. The normalized spacial score (nSPS) is 26.4. The van der Waals surface area contributed by atoms with Gasteiger partial charge >= 0.3 is 5.97 Å². The molecule has 138 valence electrons. The maximum atomic E-state index is 12.0. The number of aryl methyl sites for hydroxylation is 1. The van der Waals surface area contributed by atoms with Crippen LogP contribution in [0.3, 0.4) is 0 Å². The number of esters is 1. The predicted molar refractivity (Wildman–Crippen MR) is 90.9 cm³/mol. The molecule has 26 heavy (non-hydrogen) atoms. The molecule has 0 aliphatic heterocycles. The van der Waals surface area contributed by atoms with Crippen molar-refractivity contribution in [2.45, 2.75) is 32.5 Å². The van der Waals surface area contributed by atoms with Crippen LogP contribution in [0.2, 0.25) is 0 Å². The van der Waals surface area contributed by atoms with E-state index in [4.69, 9.17) is 9.47 Å². The van der Waals surface area contributed by atoms with Gasteiger partial charge < -0.3 is 14.6 Å². The van der Waals surface area contributed by atoms with Crippen molar-refractivity contribution in [2.75, 3.05) is 6.61 Å². The summed E-state index contributed by atoms with van der Waals surface area (Å²) in [6, 6.07) is 3.65. The largest absolute Gasteiger partial charge is 0.488 e. The van der Waals surface area contributed by atoms with Crippen molar-refractivity contribution < 1.29 is 19.4 Å². The molecule has 2 aromatic heterocycles. The van der Waals surface area contributed by atoms with E-state index in [0.717, 1.165) is 12.8 Å². The summed E-state index contributed by atoms with van der Waals surface area (Å²) in [5, 5.41) is 17.4. The first-order chi connectivity index (χ1) is 12.6. The van der Waals surface area contributed by atoms with E-state index in [1.165, 1.54) is 4.68 Å². The second kappa shape index (κ2) is 6.68. The molecule has 0 amide bonds. The number of hydrogen-bond acceptors (Lipinski definition) is 7. The molecule has 0 bridgehead atoms. The molecule has 2 aliphatic rings. The predicted octanol–water partition coefficient (Wildman–Crippen LogP) is 1.34. The number of aromatic nitrogens is 4. The summed E-state index contributed by atoms with van der Waals surface area (Å²) in [6.45, 7) is 2.10. The number of aliphatic hydroxyl groups excluding tert-OH is 1. The molecule has 1 N–H and O–H groups in total. The van der Waals surface area contributed by atoms with Crippen LogP contribution in [0.25, 0.3) is 11.4 Å². The number of fused-ring (bicyclic) bond motifs is 1. The van der Waals surface area contributed by atoms with Gasteiger partial charge in [0.15, 0.2) is 0 Å². The van der Waals surface area contributed by atoms with E-state index in [-0.39, 0.29) is 30.5 Å². The quantitative estimate of drug-likeness (QED) is 0.778. The number of aliphatic hydroxyl groups is 1. The summed E-state index contributed by atoms with van der Waals surface area (Å²) in [5.41, 5.74) is 1.81. The van der Waals surface area contributed by atoms with Crippen LogP contribution in [0.4, 0.5) is 0 Å². The standard InChI is InChI=1S/C18H22N4O4/c1-3-25-18(24)16-11-5-7-14(15(11)16)26-10-4-6-12(19-8-10)17-13(9-23)22(2)21-20-17/h4,6,8,11,14-16,23H,3,5,7,9H2,1-2H3/t11-,14-,15-,16-/m1/s1. The number of nitrogens with zero attached hydrogens (tertiary/aromatic N) is 4. The lowest BCUT2D eigenvalue weighted by Crippen LogP contribution is -2.21. The van der Waals surface area contributed by atoms with Crippen molar-refractivity contribution in [2.24, 2.45) is 24.8 Å². The first kappa shape index (κ1) is 17.0. The fourth-order valence-corrected chi connectivity index (χ4v) is 4.05. The van der Waals surface area contributed by atoms with E-state index >= 15 is 0 Å². The molecule has 0 unspecified atom stereocenters. The van der Waals surface area contributed by atoms with Gasteiger partial charge in [0.05, 0.1) is 36.7 Å². The van der Waals surface area contributed by atoms with Gasteiger partial charge in [0.2, 0.25) is 0 Å². The number of hydrogen-bond donors (Lipinski definition) is 1. The Hall–Kier alpha value is -2.48. The summed E-state index contributed by atoms with van der Waals surface area (Å²) < 4.78 is 12.8. The van der Waals surface area contributed by atoms with Gasteiger partial charge in [-0.3, -0.25) is 9.78 Å². The molecular weight excluding hydrogens is 336 g/mol. The molecule has 0 radical (unpaired) electrons. The highest BCUT2D eigenvalue weighted by atomic mass is 16.5.